The molecule has 2 aromatic rings. The maximum atomic E-state index is 12.5. The number of carbonyl (C=O) groups is 1. The standard InChI is InChI=1S/C16H18ClNO/c1-10-6-5-7-11-14(10)12(9-18-15(11)17)13(19)8-16(2,3)4/h5-7,9H,8H2,1-4H3. The number of benzene rings is 1. The average molecular weight is 276 g/mol. The summed E-state index contributed by atoms with van der Waals surface area (Å²) in [7, 11) is 0. The number of halogens is 1. The molecule has 2 rings (SSSR count). The highest BCUT2D eigenvalue weighted by molar-refractivity contribution is 6.35. The van der Waals surface area contributed by atoms with Crippen LogP contribution in [0.3, 0.4) is 0 Å². The molecular formula is C16H18ClNO. The van der Waals surface area contributed by atoms with E-state index in [4.69, 9.17) is 11.6 Å². The van der Waals surface area contributed by atoms with Gasteiger partial charge in [-0.2, -0.15) is 0 Å². The maximum Gasteiger partial charge on any atom is 0.165 e. The van der Waals surface area contributed by atoms with Crippen molar-refractivity contribution < 1.29 is 4.79 Å². The molecule has 0 N–H and O–H groups in total. The minimum absolute atomic E-state index is 0.0360. The monoisotopic (exact) mass is 275 g/mol. The Kier molecular flexibility index (Phi) is 3.64. The first-order chi connectivity index (χ1) is 8.79. The average Bonchev–Trinajstić information content (AvgIpc) is 2.28. The van der Waals surface area contributed by atoms with Crippen LogP contribution in [0.1, 0.15) is 43.1 Å². The third-order valence-electron chi connectivity index (χ3n) is 3.06. The number of aryl methyl sites for hydroxylation is 1. The fourth-order valence-corrected chi connectivity index (χ4v) is 2.45. The SMILES string of the molecule is Cc1cccc2c(Cl)ncc(C(=O)CC(C)(C)C)c12. The van der Waals surface area contributed by atoms with E-state index in [1.54, 1.807) is 6.20 Å². The zero-order chi connectivity index (χ0) is 14.2. The lowest BCUT2D eigenvalue weighted by atomic mass is 9.86. The number of pyridine rings is 1. The van der Waals surface area contributed by atoms with Gasteiger partial charge in [0.1, 0.15) is 5.15 Å². The smallest absolute Gasteiger partial charge is 0.165 e. The van der Waals surface area contributed by atoms with Crippen LogP contribution < -0.4 is 0 Å². The van der Waals surface area contributed by atoms with Crippen molar-refractivity contribution in [2.75, 3.05) is 0 Å². The van der Waals surface area contributed by atoms with E-state index in [2.05, 4.69) is 25.8 Å². The van der Waals surface area contributed by atoms with Crippen LogP contribution in [0.2, 0.25) is 5.15 Å². The summed E-state index contributed by atoms with van der Waals surface area (Å²) < 4.78 is 0. The highest BCUT2D eigenvalue weighted by Gasteiger charge is 2.20. The Bertz CT molecular complexity index is 641. The fourth-order valence-electron chi connectivity index (χ4n) is 2.24. The molecule has 0 aliphatic rings. The number of Topliss-reactive ketones (excluding diaryl/α,β-unsaturated/α-hetero) is 1. The second-order valence-electron chi connectivity index (χ2n) is 6.12. The quantitative estimate of drug-likeness (QED) is 0.581. The molecule has 1 heterocycles. The van der Waals surface area contributed by atoms with Crippen molar-refractivity contribution in [3.05, 3.63) is 40.7 Å². The predicted molar refractivity (Wildman–Crippen MR) is 79.9 cm³/mol. The topological polar surface area (TPSA) is 30.0 Å². The molecule has 0 amide bonds. The van der Waals surface area contributed by atoms with E-state index in [0.29, 0.717) is 17.1 Å². The Morgan fingerprint density at radius 2 is 2.00 bits per heavy atom. The fraction of sp³-hybridized carbons (Fsp3) is 0.375. The van der Waals surface area contributed by atoms with Crippen molar-refractivity contribution in [2.45, 2.75) is 34.1 Å². The van der Waals surface area contributed by atoms with Gasteiger partial charge in [0.25, 0.3) is 0 Å². The number of nitrogens with zero attached hydrogens (tertiary/aromatic N) is 1. The molecule has 0 spiro atoms. The van der Waals surface area contributed by atoms with Crippen molar-refractivity contribution in [1.82, 2.24) is 4.98 Å². The van der Waals surface area contributed by atoms with Gasteiger partial charge in [-0.05, 0) is 17.9 Å². The minimum Gasteiger partial charge on any atom is -0.294 e. The highest BCUT2D eigenvalue weighted by atomic mass is 35.5. The first kappa shape index (κ1) is 14.0. The van der Waals surface area contributed by atoms with E-state index < -0.39 is 0 Å². The maximum absolute atomic E-state index is 12.5. The van der Waals surface area contributed by atoms with Crippen molar-refractivity contribution >= 4 is 28.2 Å². The molecule has 2 nitrogen and oxygen atoms in total. The lowest BCUT2D eigenvalue weighted by Crippen LogP contribution is -2.14. The van der Waals surface area contributed by atoms with Crippen LogP contribution in [0.4, 0.5) is 0 Å². The second kappa shape index (κ2) is 4.93. The summed E-state index contributed by atoms with van der Waals surface area (Å²) in [5.74, 6) is 0.121. The van der Waals surface area contributed by atoms with Gasteiger partial charge in [-0.15, -0.1) is 0 Å². The summed E-state index contributed by atoms with van der Waals surface area (Å²) in [6.07, 6.45) is 2.10. The summed E-state index contributed by atoms with van der Waals surface area (Å²) >= 11 is 6.12. The molecule has 0 saturated heterocycles. The first-order valence-corrected chi connectivity index (χ1v) is 6.74. The molecule has 19 heavy (non-hydrogen) atoms. The Balaban J connectivity index is 2.62. The summed E-state index contributed by atoms with van der Waals surface area (Å²) in [5.41, 5.74) is 1.69. The second-order valence-corrected chi connectivity index (χ2v) is 6.48. The zero-order valence-corrected chi connectivity index (χ0v) is 12.5. The molecule has 0 fully saturated rings. The molecule has 0 bridgehead atoms. The number of rotatable bonds is 2. The molecule has 0 aliphatic heterocycles. The lowest BCUT2D eigenvalue weighted by Gasteiger charge is -2.18. The van der Waals surface area contributed by atoms with E-state index in [-0.39, 0.29) is 11.2 Å². The van der Waals surface area contributed by atoms with Crippen molar-refractivity contribution in [3.8, 4) is 0 Å². The molecule has 0 radical (unpaired) electrons. The van der Waals surface area contributed by atoms with Gasteiger partial charge in [-0.1, -0.05) is 50.6 Å². The van der Waals surface area contributed by atoms with Crippen molar-refractivity contribution in [1.29, 1.82) is 0 Å². The van der Waals surface area contributed by atoms with E-state index in [1.165, 1.54) is 0 Å². The number of hydrogen-bond acceptors (Lipinski definition) is 2. The van der Waals surface area contributed by atoms with Crippen LogP contribution in [-0.2, 0) is 0 Å². The summed E-state index contributed by atoms with van der Waals surface area (Å²) in [4.78, 5) is 16.6. The highest BCUT2D eigenvalue weighted by Crippen LogP contribution is 2.30. The van der Waals surface area contributed by atoms with Crippen LogP contribution >= 0.6 is 11.6 Å². The van der Waals surface area contributed by atoms with Gasteiger partial charge in [-0.3, -0.25) is 4.79 Å². The van der Waals surface area contributed by atoms with Gasteiger partial charge in [0, 0.05) is 29.0 Å². The van der Waals surface area contributed by atoms with Crippen LogP contribution in [0.5, 0.6) is 0 Å². The Hall–Kier alpha value is -1.41. The number of ketones is 1. The van der Waals surface area contributed by atoms with E-state index in [9.17, 15) is 4.79 Å². The van der Waals surface area contributed by atoms with Crippen LogP contribution in [0.25, 0.3) is 10.8 Å². The molecular weight excluding hydrogens is 258 g/mol. The Morgan fingerprint density at radius 1 is 1.32 bits per heavy atom. The summed E-state index contributed by atoms with van der Waals surface area (Å²) in [6, 6.07) is 5.83. The third kappa shape index (κ3) is 2.95. The van der Waals surface area contributed by atoms with Gasteiger partial charge in [0.2, 0.25) is 0 Å². The van der Waals surface area contributed by atoms with Gasteiger partial charge < -0.3 is 0 Å². The van der Waals surface area contributed by atoms with E-state index in [0.717, 1.165) is 16.3 Å². The molecule has 0 unspecified atom stereocenters. The van der Waals surface area contributed by atoms with Gasteiger partial charge in [0.05, 0.1) is 0 Å². The van der Waals surface area contributed by atoms with Gasteiger partial charge in [0.15, 0.2) is 5.78 Å². The Morgan fingerprint density at radius 3 is 2.63 bits per heavy atom. The number of aromatic nitrogens is 1. The molecule has 1 aromatic heterocycles. The number of carbonyl (C=O) groups excluding carboxylic acids is 1. The largest absolute Gasteiger partial charge is 0.294 e. The van der Waals surface area contributed by atoms with Crippen molar-refractivity contribution in [2.24, 2.45) is 5.41 Å². The normalized spacial score (nSPS) is 11.8. The van der Waals surface area contributed by atoms with E-state index in [1.807, 2.05) is 25.1 Å². The lowest BCUT2D eigenvalue weighted by molar-refractivity contribution is 0.0941. The minimum atomic E-state index is -0.0360. The van der Waals surface area contributed by atoms with Crippen LogP contribution in [0, 0.1) is 12.3 Å². The van der Waals surface area contributed by atoms with Crippen molar-refractivity contribution in [3.63, 3.8) is 0 Å². The summed E-state index contributed by atoms with van der Waals surface area (Å²) in [6.45, 7) is 8.17. The summed E-state index contributed by atoms with van der Waals surface area (Å²) in [5, 5.41) is 2.23. The van der Waals surface area contributed by atoms with Gasteiger partial charge in [-0.25, -0.2) is 4.98 Å². The Labute approximate surface area is 118 Å². The zero-order valence-electron chi connectivity index (χ0n) is 11.7. The predicted octanol–water partition coefficient (Wildman–Crippen LogP) is 4.82. The number of fused-ring (bicyclic) bond motifs is 1. The van der Waals surface area contributed by atoms with Crippen LogP contribution in [-0.4, -0.2) is 10.8 Å². The van der Waals surface area contributed by atoms with Gasteiger partial charge >= 0.3 is 0 Å². The van der Waals surface area contributed by atoms with E-state index >= 15 is 0 Å². The molecule has 0 atom stereocenters. The first-order valence-electron chi connectivity index (χ1n) is 6.36. The van der Waals surface area contributed by atoms with Crippen LogP contribution in [0.15, 0.2) is 24.4 Å². The molecule has 100 valence electrons. The molecule has 0 aliphatic carbocycles. The molecule has 1 aromatic carbocycles. The molecule has 3 heteroatoms. The number of hydrogen-bond donors (Lipinski definition) is 0. The molecule has 0 saturated carbocycles. The third-order valence-corrected chi connectivity index (χ3v) is 3.36.